The molecule has 0 saturated carbocycles. The van der Waals surface area contributed by atoms with Gasteiger partial charge in [0.1, 0.15) is 11.5 Å². The van der Waals surface area contributed by atoms with Crippen LogP contribution >= 0.6 is 0 Å². The summed E-state index contributed by atoms with van der Waals surface area (Å²) in [7, 11) is 0. The van der Waals surface area contributed by atoms with Gasteiger partial charge < -0.3 is 10.2 Å². The molecule has 1 heterocycles. The minimum absolute atomic E-state index is 0.00228. The highest BCUT2D eigenvalue weighted by Crippen LogP contribution is 2.25. The molecule has 0 radical (unpaired) electrons. The Hall–Kier alpha value is -1.54. The summed E-state index contributed by atoms with van der Waals surface area (Å²) in [6.45, 7) is 2.05. The average Bonchev–Trinajstić information content (AvgIpc) is 2.78. The van der Waals surface area contributed by atoms with E-state index in [9.17, 15) is 0 Å². The fourth-order valence-electron chi connectivity index (χ4n) is 1.51. The number of nitrogens with two attached hydrogens (primary N) is 1. The first-order chi connectivity index (χ1) is 7.31. The van der Waals surface area contributed by atoms with Gasteiger partial charge in [-0.2, -0.15) is 0 Å². The molecule has 2 nitrogen and oxygen atoms in total. The Bertz CT molecular complexity index is 419. The van der Waals surface area contributed by atoms with Gasteiger partial charge in [-0.15, -0.1) is 0 Å². The van der Waals surface area contributed by atoms with Gasteiger partial charge in [-0.3, -0.25) is 0 Å². The van der Waals surface area contributed by atoms with Gasteiger partial charge in [0.05, 0.1) is 6.04 Å². The van der Waals surface area contributed by atoms with E-state index in [1.807, 2.05) is 42.5 Å². The summed E-state index contributed by atoms with van der Waals surface area (Å²) in [6.07, 6.45) is 0.891. The van der Waals surface area contributed by atoms with Crippen molar-refractivity contribution in [3.8, 4) is 11.3 Å². The van der Waals surface area contributed by atoms with Crippen molar-refractivity contribution in [2.24, 2.45) is 5.73 Å². The van der Waals surface area contributed by atoms with Crippen molar-refractivity contribution in [2.75, 3.05) is 0 Å². The van der Waals surface area contributed by atoms with Crippen LogP contribution in [0.3, 0.4) is 0 Å². The molecule has 2 N–H and O–H groups in total. The first kappa shape index (κ1) is 9.99. The molecule has 0 aliphatic carbocycles. The first-order valence-corrected chi connectivity index (χ1v) is 5.22. The molecular weight excluding hydrogens is 186 g/mol. The van der Waals surface area contributed by atoms with E-state index in [0.29, 0.717) is 0 Å². The monoisotopic (exact) mass is 201 g/mol. The topological polar surface area (TPSA) is 39.2 Å². The molecular formula is C13H15NO. The lowest BCUT2D eigenvalue weighted by atomic mass is 10.2. The molecule has 2 rings (SSSR count). The molecule has 0 bridgehead atoms. The van der Waals surface area contributed by atoms with Crippen molar-refractivity contribution < 1.29 is 4.42 Å². The van der Waals surface area contributed by atoms with E-state index in [4.69, 9.17) is 10.2 Å². The van der Waals surface area contributed by atoms with Gasteiger partial charge in [0.25, 0.3) is 0 Å². The SMILES string of the molecule is CCC(N)c1ccc(-c2ccccc2)o1. The Balaban J connectivity index is 2.28. The van der Waals surface area contributed by atoms with Crippen LogP contribution in [-0.2, 0) is 0 Å². The van der Waals surface area contributed by atoms with Crippen LogP contribution in [0.25, 0.3) is 11.3 Å². The van der Waals surface area contributed by atoms with E-state index >= 15 is 0 Å². The molecule has 15 heavy (non-hydrogen) atoms. The normalized spacial score (nSPS) is 12.7. The lowest BCUT2D eigenvalue weighted by Crippen LogP contribution is -2.06. The van der Waals surface area contributed by atoms with Crippen molar-refractivity contribution in [1.82, 2.24) is 0 Å². The standard InChI is InChI=1S/C13H15NO/c1-2-11(14)13-9-8-12(15-13)10-6-4-3-5-7-10/h3-9,11H,2,14H2,1H3. The molecule has 1 unspecified atom stereocenters. The first-order valence-electron chi connectivity index (χ1n) is 5.22. The minimum Gasteiger partial charge on any atom is -0.459 e. The molecule has 0 amide bonds. The molecule has 0 aliphatic heterocycles. The zero-order valence-corrected chi connectivity index (χ0v) is 8.81. The van der Waals surface area contributed by atoms with Gasteiger partial charge in [-0.05, 0) is 18.6 Å². The smallest absolute Gasteiger partial charge is 0.134 e. The van der Waals surface area contributed by atoms with E-state index in [1.54, 1.807) is 0 Å². The Labute approximate surface area is 89.7 Å². The van der Waals surface area contributed by atoms with Gasteiger partial charge in [-0.25, -0.2) is 0 Å². The van der Waals surface area contributed by atoms with Crippen molar-refractivity contribution >= 4 is 0 Å². The van der Waals surface area contributed by atoms with Gasteiger partial charge in [0, 0.05) is 5.56 Å². The van der Waals surface area contributed by atoms with Crippen LogP contribution < -0.4 is 5.73 Å². The highest BCUT2D eigenvalue weighted by molar-refractivity contribution is 5.57. The Morgan fingerprint density at radius 2 is 1.87 bits per heavy atom. The van der Waals surface area contributed by atoms with E-state index in [1.165, 1.54) is 0 Å². The quantitative estimate of drug-likeness (QED) is 0.827. The van der Waals surface area contributed by atoms with E-state index in [2.05, 4.69) is 6.92 Å². The lowest BCUT2D eigenvalue weighted by molar-refractivity contribution is 0.470. The molecule has 78 valence electrons. The maximum absolute atomic E-state index is 5.89. The van der Waals surface area contributed by atoms with Crippen LogP contribution in [-0.4, -0.2) is 0 Å². The molecule has 0 fully saturated rings. The van der Waals surface area contributed by atoms with Gasteiger partial charge in [0.2, 0.25) is 0 Å². The Morgan fingerprint density at radius 1 is 1.13 bits per heavy atom. The Morgan fingerprint density at radius 3 is 2.53 bits per heavy atom. The molecule has 0 aliphatic rings. The fraction of sp³-hybridized carbons (Fsp3) is 0.231. The van der Waals surface area contributed by atoms with Gasteiger partial charge >= 0.3 is 0 Å². The van der Waals surface area contributed by atoms with Crippen LogP contribution in [0.4, 0.5) is 0 Å². The summed E-state index contributed by atoms with van der Waals surface area (Å²) in [5, 5.41) is 0. The average molecular weight is 201 g/mol. The van der Waals surface area contributed by atoms with E-state index in [-0.39, 0.29) is 6.04 Å². The minimum atomic E-state index is 0.00228. The predicted molar refractivity (Wildman–Crippen MR) is 61.4 cm³/mol. The fourth-order valence-corrected chi connectivity index (χ4v) is 1.51. The molecule has 2 aromatic rings. The molecule has 2 heteroatoms. The number of hydrogen-bond donors (Lipinski definition) is 1. The summed E-state index contributed by atoms with van der Waals surface area (Å²) in [5.41, 5.74) is 6.98. The second-order valence-electron chi connectivity index (χ2n) is 3.58. The third kappa shape index (κ3) is 2.10. The lowest BCUT2D eigenvalue weighted by Gasteiger charge is -2.03. The molecule has 1 aromatic carbocycles. The summed E-state index contributed by atoms with van der Waals surface area (Å²) in [4.78, 5) is 0. The summed E-state index contributed by atoms with van der Waals surface area (Å²) in [5.74, 6) is 1.74. The largest absolute Gasteiger partial charge is 0.459 e. The number of hydrogen-bond acceptors (Lipinski definition) is 2. The van der Waals surface area contributed by atoms with Gasteiger partial charge in [-0.1, -0.05) is 37.3 Å². The third-order valence-corrected chi connectivity index (χ3v) is 2.49. The van der Waals surface area contributed by atoms with Crippen molar-refractivity contribution in [1.29, 1.82) is 0 Å². The van der Waals surface area contributed by atoms with Gasteiger partial charge in [0.15, 0.2) is 0 Å². The molecule has 0 saturated heterocycles. The van der Waals surface area contributed by atoms with E-state index in [0.717, 1.165) is 23.5 Å². The third-order valence-electron chi connectivity index (χ3n) is 2.49. The van der Waals surface area contributed by atoms with Crippen molar-refractivity contribution in [3.05, 3.63) is 48.2 Å². The highest BCUT2D eigenvalue weighted by Gasteiger charge is 2.09. The zero-order chi connectivity index (χ0) is 10.7. The highest BCUT2D eigenvalue weighted by atomic mass is 16.3. The van der Waals surface area contributed by atoms with Crippen molar-refractivity contribution in [2.45, 2.75) is 19.4 Å². The van der Waals surface area contributed by atoms with E-state index < -0.39 is 0 Å². The number of benzene rings is 1. The zero-order valence-electron chi connectivity index (χ0n) is 8.81. The Kier molecular flexibility index (Phi) is 2.88. The second kappa shape index (κ2) is 4.32. The molecule has 1 aromatic heterocycles. The van der Waals surface area contributed by atoms with Crippen LogP contribution in [0, 0.1) is 0 Å². The maximum Gasteiger partial charge on any atom is 0.134 e. The van der Waals surface area contributed by atoms with Crippen LogP contribution in [0.15, 0.2) is 46.9 Å². The number of rotatable bonds is 3. The summed E-state index contributed by atoms with van der Waals surface area (Å²) >= 11 is 0. The van der Waals surface area contributed by atoms with Crippen LogP contribution in [0.1, 0.15) is 25.1 Å². The molecule has 1 atom stereocenters. The van der Waals surface area contributed by atoms with Crippen LogP contribution in [0.5, 0.6) is 0 Å². The summed E-state index contributed by atoms with van der Waals surface area (Å²) in [6, 6.07) is 14.0. The summed E-state index contributed by atoms with van der Waals surface area (Å²) < 4.78 is 5.70. The maximum atomic E-state index is 5.89. The number of furan rings is 1. The molecule has 0 spiro atoms. The van der Waals surface area contributed by atoms with Crippen molar-refractivity contribution in [3.63, 3.8) is 0 Å². The predicted octanol–water partition coefficient (Wildman–Crippen LogP) is 3.36. The van der Waals surface area contributed by atoms with Crippen LogP contribution in [0.2, 0.25) is 0 Å². The second-order valence-corrected chi connectivity index (χ2v) is 3.58.